The maximum atomic E-state index is 12.0. The fraction of sp³-hybridized carbons (Fsp3) is 0.786. The molecule has 1 rings (SSSR count). The average Bonchev–Trinajstić information content (AvgIpc) is 2.29. The molecule has 110 valence electrons. The van der Waals surface area contributed by atoms with Gasteiger partial charge < -0.3 is 15.3 Å². The number of nitrogens with zero attached hydrogens (tertiary/aromatic N) is 2. The number of rotatable bonds is 5. The number of amides is 2. The number of likely N-dealkylation sites (tertiary alicyclic amines) is 1. The van der Waals surface area contributed by atoms with Crippen molar-refractivity contribution in [3.8, 4) is 0 Å². The summed E-state index contributed by atoms with van der Waals surface area (Å²) in [5.41, 5.74) is -0.862. The van der Waals surface area contributed by atoms with E-state index in [-0.39, 0.29) is 12.1 Å². The predicted molar refractivity (Wildman–Crippen MR) is 77.1 cm³/mol. The van der Waals surface area contributed by atoms with Crippen LogP contribution < -0.4 is 5.32 Å². The molecule has 0 radical (unpaired) electrons. The van der Waals surface area contributed by atoms with E-state index in [1.165, 1.54) is 4.90 Å². The second-order valence-corrected chi connectivity index (χ2v) is 5.98. The molecule has 0 aromatic carbocycles. The maximum absolute atomic E-state index is 12.0. The maximum Gasteiger partial charge on any atom is 0.317 e. The molecular weight excluding hydrogens is 242 g/mol. The van der Waals surface area contributed by atoms with Crippen LogP contribution in [-0.4, -0.2) is 65.8 Å². The van der Waals surface area contributed by atoms with Gasteiger partial charge in [-0.05, 0) is 26.7 Å². The summed E-state index contributed by atoms with van der Waals surface area (Å²) in [5.74, 6) is 0. The van der Waals surface area contributed by atoms with Gasteiger partial charge in [0.05, 0.1) is 12.1 Å². The summed E-state index contributed by atoms with van der Waals surface area (Å²) in [7, 11) is 1.71. The zero-order chi connectivity index (χ0) is 14.5. The molecule has 0 aliphatic carbocycles. The third-order valence-electron chi connectivity index (χ3n) is 3.27. The quantitative estimate of drug-likeness (QED) is 0.734. The lowest BCUT2D eigenvalue weighted by atomic mass is 10.1. The standard InChI is InChI=1S/C14H27N3O2/c1-5-8-17-9-6-12(7-10-17)15-13(18)16(4)11-14(2,3)19/h5,12,19H,1,6-11H2,2-4H3,(H,15,18). The fourth-order valence-corrected chi connectivity index (χ4v) is 2.38. The second-order valence-electron chi connectivity index (χ2n) is 5.98. The smallest absolute Gasteiger partial charge is 0.317 e. The number of likely N-dealkylation sites (N-methyl/N-ethyl adjacent to an activating group) is 1. The van der Waals surface area contributed by atoms with Crippen LogP contribution in [-0.2, 0) is 0 Å². The SMILES string of the molecule is C=CCN1CCC(NC(=O)N(C)CC(C)(C)O)CC1. The van der Waals surface area contributed by atoms with E-state index in [0.29, 0.717) is 6.54 Å². The summed E-state index contributed by atoms with van der Waals surface area (Å²) in [4.78, 5) is 15.8. The van der Waals surface area contributed by atoms with E-state index in [0.717, 1.165) is 32.5 Å². The van der Waals surface area contributed by atoms with Crippen molar-refractivity contribution >= 4 is 6.03 Å². The minimum absolute atomic E-state index is 0.107. The van der Waals surface area contributed by atoms with Gasteiger partial charge in [-0.15, -0.1) is 6.58 Å². The number of urea groups is 1. The molecule has 5 nitrogen and oxygen atoms in total. The highest BCUT2D eigenvalue weighted by Crippen LogP contribution is 2.11. The number of hydrogen-bond donors (Lipinski definition) is 2. The van der Waals surface area contributed by atoms with Gasteiger partial charge in [-0.1, -0.05) is 6.08 Å². The van der Waals surface area contributed by atoms with Crippen molar-refractivity contribution in [3.05, 3.63) is 12.7 Å². The lowest BCUT2D eigenvalue weighted by Gasteiger charge is -2.33. The van der Waals surface area contributed by atoms with Crippen molar-refractivity contribution in [1.29, 1.82) is 0 Å². The molecule has 2 amide bonds. The Bertz CT molecular complexity index is 304. The van der Waals surface area contributed by atoms with Gasteiger partial charge in [0.15, 0.2) is 0 Å². The van der Waals surface area contributed by atoms with Crippen LogP contribution in [0.15, 0.2) is 12.7 Å². The molecular formula is C14H27N3O2. The normalized spacial score (nSPS) is 18.1. The van der Waals surface area contributed by atoms with Crippen molar-refractivity contribution in [2.75, 3.05) is 33.2 Å². The Morgan fingerprint density at radius 2 is 2.11 bits per heavy atom. The van der Waals surface area contributed by atoms with Crippen LogP contribution in [0.25, 0.3) is 0 Å². The van der Waals surface area contributed by atoms with E-state index >= 15 is 0 Å². The van der Waals surface area contributed by atoms with E-state index in [1.54, 1.807) is 20.9 Å². The Kier molecular flexibility index (Phi) is 5.82. The first-order valence-corrected chi connectivity index (χ1v) is 6.89. The van der Waals surface area contributed by atoms with Crippen LogP contribution in [0.3, 0.4) is 0 Å². The molecule has 0 unspecified atom stereocenters. The molecule has 0 atom stereocenters. The van der Waals surface area contributed by atoms with Crippen molar-refractivity contribution < 1.29 is 9.90 Å². The molecule has 1 aliphatic heterocycles. The van der Waals surface area contributed by atoms with Gasteiger partial charge in [0, 0.05) is 32.7 Å². The number of aliphatic hydroxyl groups is 1. The first-order chi connectivity index (χ1) is 8.81. The van der Waals surface area contributed by atoms with Crippen LogP contribution in [0.2, 0.25) is 0 Å². The third-order valence-corrected chi connectivity index (χ3v) is 3.27. The second kappa shape index (κ2) is 6.91. The molecule has 5 heteroatoms. The van der Waals surface area contributed by atoms with Gasteiger partial charge in [0.2, 0.25) is 0 Å². The number of nitrogens with one attached hydrogen (secondary N) is 1. The molecule has 1 saturated heterocycles. The molecule has 0 spiro atoms. The summed E-state index contributed by atoms with van der Waals surface area (Å²) in [5, 5.41) is 12.7. The molecule has 2 N–H and O–H groups in total. The number of piperidine rings is 1. The largest absolute Gasteiger partial charge is 0.389 e. The topological polar surface area (TPSA) is 55.8 Å². The summed E-state index contributed by atoms with van der Waals surface area (Å²) >= 11 is 0. The van der Waals surface area contributed by atoms with Crippen LogP contribution in [0.1, 0.15) is 26.7 Å². The highest BCUT2D eigenvalue weighted by Gasteiger charge is 2.23. The molecule has 0 aromatic heterocycles. The van der Waals surface area contributed by atoms with E-state index in [9.17, 15) is 9.90 Å². The summed E-state index contributed by atoms with van der Waals surface area (Å²) < 4.78 is 0. The third kappa shape index (κ3) is 6.07. The van der Waals surface area contributed by atoms with Crippen molar-refractivity contribution in [3.63, 3.8) is 0 Å². The molecule has 0 aromatic rings. The Morgan fingerprint density at radius 1 is 1.53 bits per heavy atom. The number of hydrogen-bond acceptors (Lipinski definition) is 3. The molecule has 0 bridgehead atoms. The summed E-state index contributed by atoms with van der Waals surface area (Å²) in [6, 6.07) is 0.127. The summed E-state index contributed by atoms with van der Waals surface area (Å²) in [6.07, 6.45) is 3.85. The van der Waals surface area contributed by atoms with E-state index in [1.807, 2.05) is 6.08 Å². The lowest BCUT2D eigenvalue weighted by molar-refractivity contribution is 0.0523. The first kappa shape index (κ1) is 16.0. The Labute approximate surface area is 116 Å². The van der Waals surface area contributed by atoms with E-state index in [4.69, 9.17) is 0 Å². The van der Waals surface area contributed by atoms with Gasteiger partial charge in [-0.25, -0.2) is 4.79 Å². The lowest BCUT2D eigenvalue weighted by Crippen LogP contribution is -2.50. The Morgan fingerprint density at radius 3 is 2.58 bits per heavy atom. The Hall–Kier alpha value is -1.07. The van der Waals surface area contributed by atoms with Crippen LogP contribution in [0.4, 0.5) is 4.79 Å². The van der Waals surface area contributed by atoms with Crippen LogP contribution in [0, 0.1) is 0 Å². The van der Waals surface area contributed by atoms with Crippen molar-refractivity contribution in [2.24, 2.45) is 0 Å². The van der Waals surface area contributed by atoms with Gasteiger partial charge in [0.1, 0.15) is 0 Å². The van der Waals surface area contributed by atoms with Crippen LogP contribution >= 0.6 is 0 Å². The number of carbonyl (C=O) groups is 1. The van der Waals surface area contributed by atoms with E-state index in [2.05, 4.69) is 16.8 Å². The molecule has 19 heavy (non-hydrogen) atoms. The highest BCUT2D eigenvalue weighted by molar-refractivity contribution is 5.74. The van der Waals surface area contributed by atoms with Gasteiger partial charge >= 0.3 is 6.03 Å². The first-order valence-electron chi connectivity index (χ1n) is 6.89. The monoisotopic (exact) mass is 269 g/mol. The van der Waals surface area contributed by atoms with Crippen LogP contribution in [0.5, 0.6) is 0 Å². The summed E-state index contributed by atoms with van der Waals surface area (Å²) in [6.45, 7) is 10.4. The zero-order valence-electron chi connectivity index (χ0n) is 12.4. The predicted octanol–water partition coefficient (Wildman–Crippen LogP) is 1.05. The molecule has 1 fully saturated rings. The molecule has 1 aliphatic rings. The minimum Gasteiger partial charge on any atom is -0.389 e. The highest BCUT2D eigenvalue weighted by atomic mass is 16.3. The van der Waals surface area contributed by atoms with Crippen molar-refractivity contribution in [2.45, 2.75) is 38.3 Å². The fourth-order valence-electron chi connectivity index (χ4n) is 2.38. The zero-order valence-corrected chi connectivity index (χ0v) is 12.4. The van der Waals surface area contributed by atoms with E-state index < -0.39 is 5.60 Å². The molecule has 1 heterocycles. The Balaban J connectivity index is 2.32. The number of carbonyl (C=O) groups excluding carboxylic acids is 1. The molecule has 0 saturated carbocycles. The average molecular weight is 269 g/mol. The van der Waals surface area contributed by atoms with Crippen molar-refractivity contribution in [1.82, 2.24) is 15.1 Å². The minimum atomic E-state index is -0.862. The van der Waals surface area contributed by atoms with Gasteiger partial charge in [-0.2, -0.15) is 0 Å². The van der Waals surface area contributed by atoms with Gasteiger partial charge in [0.25, 0.3) is 0 Å². The van der Waals surface area contributed by atoms with Gasteiger partial charge in [-0.3, -0.25) is 4.90 Å².